The lowest BCUT2D eigenvalue weighted by molar-refractivity contribution is -0.152. The third-order valence-electron chi connectivity index (χ3n) is 4.51. The molecule has 1 rings (SSSR count). The molecule has 0 aliphatic heterocycles. The van der Waals surface area contributed by atoms with Gasteiger partial charge in [0.2, 0.25) is 13.6 Å². The average Bonchev–Trinajstić information content (AvgIpc) is 2.86. The van der Waals surface area contributed by atoms with E-state index >= 15 is 0 Å². The first kappa shape index (κ1) is 32.0. The summed E-state index contributed by atoms with van der Waals surface area (Å²) < 4.78 is 23.0. The number of Topliss-reactive ketones (excluding diaryl/α,β-unsaturated/α-hetero) is 1. The lowest BCUT2D eigenvalue weighted by atomic mass is 9.97. The van der Waals surface area contributed by atoms with Crippen LogP contribution in [0.15, 0.2) is 30.3 Å². The molecule has 0 heterocycles. The molecule has 0 aliphatic carbocycles. The maximum absolute atomic E-state index is 13.0. The predicted octanol–water partition coefficient (Wildman–Crippen LogP) is 4.51. The van der Waals surface area contributed by atoms with Crippen LogP contribution in [0, 0.1) is 5.92 Å². The average molecular weight is 559 g/mol. The first-order valence-corrected chi connectivity index (χ1v) is 13.0. The zero-order chi connectivity index (χ0) is 27.8. The standard InChI is InChI=1S/C24H30O11S2/c1-5-19(26)31-14-33-22(29)36-13-16(21(28)35-17-10-8-7-9-11-17)12-18(25)24(3,4)37-23(30)34-15-32-20(27)6-2/h7-11,16H,5-6,12-15H2,1-4H3/t16-/m0/s1. The minimum absolute atomic E-state index is 0.116. The monoisotopic (exact) mass is 558 g/mol. The van der Waals surface area contributed by atoms with Crippen molar-refractivity contribution in [3.63, 3.8) is 0 Å². The Kier molecular flexibility index (Phi) is 14.4. The molecule has 0 unspecified atom stereocenters. The van der Waals surface area contributed by atoms with Crippen LogP contribution in [0.5, 0.6) is 5.75 Å². The number of esters is 3. The lowest BCUT2D eigenvalue weighted by Gasteiger charge is -2.23. The van der Waals surface area contributed by atoms with Gasteiger partial charge in [0.05, 0.1) is 10.7 Å². The SMILES string of the molecule is CCC(=O)OCOC(=O)SC[C@H](CC(=O)C(C)(C)SC(=O)OCOC(=O)CC)C(=O)Oc1ccccc1. The van der Waals surface area contributed by atoms with Gasteiger partial charge in [0, 0.05) is 25.0 Å². The fraction of sp³-hybridized carbons (Fsp3) is 0.500. The van der Waals surface area contributed by atoms with Crippen molar-refractivity contribution in [2.75, 3.05) is 19.3 Å². The van der Waals surface area contributed by atoms with Crippen molar-refractivity contribution in [1.29, 1.82) is 0 Å². The first-order valence-electron chi connectivity index (χ1n) is 11.2. The van der Waals surface area contributed by atoms with E-state index in [0.29, 0.717) is 23.5 Å². The smallest absolute Gasteiger partial charge is 0.371 e. The fourth-order valence-corrected chi connectivity index (χ4v) is 3.81. The second kappa shape index (κ2) is 16.6. The van der Waals surface area contributed by atoms with Gasteiger partial charge in [-0.3, -0.25) is 19.2 Å². The van der Waals surface area contributed by atoms with Crippen LogP contribution in [0.1, 0.15) is 47.0 Å². The second-order valence-corrected chi connectivity index (χ2v) is 10.3. The number of para-hydroxylation sites is 1. The van der Waals surface area contributed by atoms with Gasteiger partial charge in [0.25, 0.3) is 0 Å². The second-order valence-electron chi connectivity index (χ2n) is 7.75. The van der Waals surface area contributed by atoms with E-state index in [1.807, 2.05) is 0 Å². The molecule has 0 fully saturated rings. The number of rotatable bonds is 14. The lowest BCUT2D eigenvalue weighted by Crippen LogP contribution is -2.35. The molecule has 1 atom stereocenters. The van der Waals surface area contributed by atoms with Crippen LogP contribution in [0.3, 0.4) is 0 Å². The minimum atomic E-state index is -1.31. The van der Waals surface area contributed by atoms with Crippen molar-refractivity contribution >= 4 is 57.8 Å². The number of thioether (sulfide) groups is 2. The Bertz CT molecular complexity index is 947. The van der Waals surface area contributed by atoms with E-state index < -0.39 is 58.5 Å². The first-order chi connectivity index (χ1) is 17.5. The molecule has 0 aromatic heterocycles. The number of carbonyl (C=O) groups is 6. The van der Waals surface area contributed by atoms with Gasteiger partial charge in [-0.1, -0.05) is 32.0 Å². The predicted molar refractivity (Wildman–Crippen MR) is 135 cm³/mol. The van der Waals surface area contributed by atoms with E-state index in [1.165, 1.54) is 13.8 Å². The summed E-state index contributed by atoms with van der Waals surface area (Å²) in [5, 5.41) is -1.65. The Hall–Kier alpha value is -3.06. The maximum atomic E-state index is 13.0. The van der Waals surface area contributed by atoms with E-state index in [2.05, 4.69) is 9.47 Å². The molecule has 11 nitrogen and oxygen atoms in total. The molecule has 0 aliphatic rings. The number of hydrogen-bond acceptors (Lipinski definition) is 13. The summed E-state index contributed by atoms with van der Waals surface area (Å²) in [4.78, 5) is 72.2. The molecule has 0 spiro atoms. The van der Waals surface area contributed by atoms with Gasteiger partial charge >= 0.3 is 28.5 Å². The zero-order valence-electron chi connectivity index (χ0n) is 21.0. The summed E-state index contributed by atoms with van der Waals surface area (Å²) in [5.74, 6) is -3.32. The third kappa shape index (κ3) is 13.2. The van der Waals surface area contributed by atoms with Gasteiger partial charge in [0.1, 0.15) is 11.5 Å². The highest BCUT2D eigenvalue weighted by molar-refractivity contribution is 8.15. The van der Waals surface area contributed by atoms with Crippen molar-refractivity contribution in [2.24, 2.45) is 5.92 Å². The van der Waals surface area contributed by atoms with Crippen LogP contribution in [-0.2, 0) is 38.1 Å². The molecule has 0 saturated carbocycles. The summed E-state index contributed by atoms with van der Waals surface area (Å²) in [7, 11) is 0. The number of ether oxygens (including phenoxy) is 5. The van der Waals surface area contributed by atoms with Crippen molar-refractivity contribution in [3.05, 3.63) is 30.3 Å². The highest BCUT2D eigenvalue weighted by Crippen LogP contribution is 2.31. The number of ketones is 1. The Balaban J connectivity index is 2.78. The molecule has 1 aromatic carbocycles. The van der Waals surface area contributed by atoms with Crippen molar-refractivity contribution < 1.29 is 52.5 Å². The van der Waals surface area contributed by atoms with Crippen LogP contribution in [0.4, 0.5) is 9.59 Å². The normalized spacial score (nSPS) is 11.6. The van der Waals surface area contributed by atoms with E-state index in [0.717, 1.165) is 0 Å². The quantitative estimate of drug-likeness (QED) is 0.179. The van der Waals surface area contributed by atoms with Gasteiger partial charge in [0.15, 0.2) is 0 Å². The molecular weight excluding hydrogens is 528 g/mol. The van der Waals surface area contributed by atoms with E-state index in [4.69, 9.17) is 14.2 Å². The zero-order valence-corrected chi connectivity index (χ0v) is 22.6. The number of hydrogen-bond donors (Lipinski definition) is 0. The fourth-order valence-electron chi connectivity index (χ4n) is 2.36. The van der Waals surface area contributed by atoms with Crippen LogP contribution >= 0.6 is 23.5 Å². The summed E-state index contributed by atoms with van der Waals surface area (Å²) in [6, 6.07) is 8.17. The van der Waals surface area contributed by atoms with Crippen LogP contribution in [0.25, 0.3) is 0 Å². The summed E-state index contributed by atoms with van der Waals surface area (Å²) in [5.41, 5.74) is 0. The Labute approximate surface area is 223 Å². The van der Waals surface area contributed by atoms with Crippen molar-refractivity contribution in [2.45, 2.75) is 51.7 Å². The van der Waals surface area contributed by atoms with Crippen molar-refractivity contribution in [1.82, 2.24) is 0 Å². The van der Waals surface area contributed by atoms with E-state index in [1.54, 1.807) is 44.2 Å². The number of carbonyl (C=O) groups excluding carboxylic acids is 6. The van der Waals surface area contributed by atoms with Gasteiger partial charge in [-0.2, -0.15) is 0 Å². The molecule has 0 N–H and O–H groups in total. The summed E-state index contributed by atoms with van der Waals surface area (Å²) in [6.45, 7) is 4.96. The molecule has 1 aromatic rings. The van der Waals surface area contributed by atoms with Gasteiger partial charge in [-0.05, 0) is 49.5 Å². The van der Waals surface area contributed by atoms with Crippen LogP contribution < -0.4 is 4.74 Å². The van der Waals surface area contributed by atoms with Gasteiger partial charge < -0.3 is 23.7 Å². The molecule has 0 amide bonds. The largest absolute Gasteiger partial charge is 0.428 e. The highest BCUT2D eigenvalue weighted by Gasteiger charge is 2.36. The third-order valence-corrected chi connectivity index (χ3v) is 6.45. The Morgan fingerprint density at radius 1 is 0.811 bits per heavy atom. The topological polar surface area (TPSA) is 149 Å². The number of benzene rings is 1. The maximum Gasteiger partial charge on any atom is 0.371 e. The highest BCUT2D eigenvalue weighted by atomic mass is 32.2. The van der Waals surface area contributed by atoms with E-state index in [-0.39, 0.29) is 30.8 Å². The molecule has 37 heavy (non-hydrogen) atoms. The van der Waals surface area contributed by atoms with Crippen LogP contribution in [-0.4, -0.2) is 58.4 Å². The summed E-state index contributed by atoms with van der Waals surface area (Å²) >= 11 is 1.18. The Morgan fingerprint density at radius 2 is 1.35 bits per heavy atom. The minimum Gasteiger partial charge on any atom is -0.428 e. The molecule has 0 radical (unpaired) electrons. The molecular formula is C24H30O11S2. The van der Waals surface area contributed by atoms with Gasteiger partial charge in [-0.15, -0.1) is 0 Å². The van der Waals surface area contributed by atoms with E-state index in [9.17, 15) is 28.8 Å². The van der Waals surface area contributed by atoms with Gasteiger partial charge in [-0.25, -0.2) is 9.59 Å². The van der Waals surface area contributed by atoms with Crippen molar-refractivity contribution in [3.8, 4) is 5.75 Å². The summed E-state index contributed by atoms with van der Waals surface area (Å²) in [6.07, 6.45) is -0.120. The molecule has 0 saturated heterocycles. The molecule has 0 bridgehead atoms. The molecule has 13 heteroatoms. The Morgan fingerprint density at radius 3 is 1.89 bits per heavy atom. The van der Waals surface area contributed by atoms with Crippen LogP contribution in [0.2, 0.25) is 0 Å². The molecule has 204 valence electrons.